The summed E-state index contributed by atoms with van der Waals surface area (Å²) in [6.45, 7) is 4.05. The van der Waals surface area contributed by atoms with E-state index in [-0.39, 0.29) is 17.9 Å². The molecule has 6 nitrogen and oxygen atoms in total. The molecule has 164 valence electrons. The van der Waals surface area contributed by atoms with Crippen molar-refractivity contribution in [3.05, 3.63) is 93.3 Å². The van der Waals surface area contributed by atoms with E-state index in [2.05, 4.69) is 16.9 Å². The quantitative estimate of drug-likeness (QED) is 0.308. The highest BCUT2D eigenvalue weighted by Gasteiger charge is 2.33. The van der Waals surface area contributed by atoms with Gasteiger partial charge in [0.2, 0.25) is 5.91 Å². The summed E-state index contributed by atoms with van der Waals surface area (Å²) in [5.41, 5.74) is 1.87. The monoisotopic (exact) mass is 467 g/mol. The van der Waals surface area contributed by atoms with Gasteiger partial charge in [-0.2, -0.15) is 4.98 Å². The lowest BCUT2D eigenvalue weighted by atomic mass is 9.86. The number of rotatable bonds is 7. The molecule has 0 fully saturated rings. The Labute approximate surface area is 195 Å². The van der Waals surface area contributed by atoms with Crippen molar-refractivity contribution in [3.8, 4) is 5.75 Å². The Kier molecular flexibility index (Phi) is 6.67. The number of benzene rings is 2. The van der Waals surface area contributed by atoms with Crippen LogP contribution < -0.4 is 15.6 Å². The molecule has 1 N–H and O–H groups in total. The van der Waals surface area contributed by atoms with Crippen LogP contribution in [0.1, 0.15) is 29.0 Å². The van der Waals surface area contributed by atoms with E-state index >= 15 is 0 Å². The lowest BCUT2D eigenvalue weighted by Gasteiger charge is -2.28. The highest BCUT2D eigenvalue weighted by atomic mass is 35.5. The van der Waals surface area contributed by atoms with E-state index in [9.17, 15) is 9.59 Å². The molecule has 0 spiro atoms. The van der Waals surface area contributed by atoms with E-state index in [1.807, 2.05) is 48.5 Å². The Morgan fingerprint density at radius 1 is 1.25 bits per heavy atom. The van der Waals surface area contributed by atoms with E-state index in [0.29, 0.717) is 39.7 Å². The van der Waals surface area contributed by atoms with Gasteiger partial charge in [-0.1, -0.05) is 59.8 Å². The Balaban J connectivity index is 1.72. The number of nitrogens with zero attached hydrogens (tertiary/aromatic N) is 2. The second-order valence-corrected chi connectivity index (χ2v) is 8.80. The van der Waals surface area contributed by atoms with Gasteiger partial charge in [0.15, 0.2) is 5.16 Å². The van der Waals surface area contributed by atoms with Crippen molar-refractivity contribution in [2.45, 2.75) is 24.1 Å². The normalized spacial score (nSPS) is 15.1. The van der Waals surface area contributed by atoms with Crippen LogP contribution in [-0.2, 0) is 18.4 Å². The van der Waals surface area contributed by atoms with Gasteiger partial charge in [0.1, 0.15) is 18.2 Å². The van der Waals surface area contributed by atoms with Gasteiger partial charge in [0.05, 0.1) is 5.56 Å². The molecule has 0 aliphatic carbocycles. The van der Waals surface area contributed by atoms with Crippen molar-refractivity contribution in [1.82, 2.24) is 9.55 Å². The Hall–Kier alpha value is -3.03. The number of anilines is 1. The summed E-state index contributed by atoms with van der Waals surface area (Å²) in [6, 6.07) is 14.9. The fourth-order valence-electron chi connectivity index (χ4n) is 3.71. The molecule has 32 heavy (non-hydrogen) atoms. The molecule has 1 unspecified atom stereocenters. The first-order chi connectivity index (χ1) is 15.5. The molecule has 1 aromatic heterocycles. The van der Waals surface area contributed by atoms with Crippen molar-refractivity contribution < 1.29 is 9.53 Å². The fourth-order valence-corrected chi connectivity index (χ4v) is 4.53. The smallest absolute Gasteiger partial charge is 0.279 e. The number of carbonyl (C=O) groups is 1. The van der Waals surface area contributed by atoms with Gasteiger partial charge in [-0.05, 0) is 23.8 Å². The van der Waals surface area contributed by atoms with Gasteiger partial charge in [0, 0.05) is 35.7 Å². The van der Waals surface area contributed by atoms with Crippen molar-refractivity contribution >= 4 is 35.1 Å². The van der Waals surface area contributed by atoms with Crippen LogP contribution in [0.2, 0.25) is 5.02 Å². The van der Waals surface area contributed by atoms with Crippen LogP contribution in [-0.4, -0.2) is 21.2 Å². The first-order valence-corrected chi connectivity index (χ1v) is 11.4. The van der Waals surface area contributed by atoms with Crippen LogP contribution in [0.4, 0.5) is 5.82 Å². The highest BCUT2D eigenvalue weighted by Crippen LogP contribution is 2.39. The molecule has 1 aliphatic rings. The minimum atomic E-state index is -0.454. The molecule has 0 saturated carbocycles. The molecule has 0 bridgehead atoms. The van der Waals surface area contributed by atoms with Crippen LogP contribution in [0, 0.1) is 0 Å². The lowest BCUT2D eigenvalue weighted by Crippen LogP contribution is -2.33. The number of hydrogen-bond acceptors (Lipinski definition) is 5. The summed E-state index contributed by atoms with van der Waals surface area (Å²) in [5, 5.41) is 4.05. The van der Waals surface area contributed by atoms with E-state index in [0.717, 1.165) is 11.1 Å². The number of halogens is 1. The average Bonchev–Trinajstić information content (AvgIpc) is 2.79. The maximum atomic E-state index is 13.0. The summed E-state index contributed by atoms with van der Waals surface area (Å²) in [4.78, 5) is 29.9. The Morgan fingerprint density at radius 3 is 2.75 bits per heavy atom. The predicted molar refractivity (Wildman–Crippen MR) is 128 cm³/mol. The van der Waals surface area contributed by atoms with Crippen molar-refractivity contribution in [2.75, 3.05) is 11.1 Å². The van der Waals surface area contributed by atoms with Crippen molar-refractivity contribution in [1.29, 1.82) is 0 Å². The van der Waals surface area contributed by atoms with Gasteiger partial charge in [0.25, 0.3) is 5.56 Å². The Morgan fingerprint density at radius 2 is 2.00 bits per heavy atom. The number of amides is 1. The molecule has 2 aromatic carbocycles. The molecule has 1 amide bonds. The third kappa shape index (κ3) is 4.59. The maximum absolute atomic E-state index is 13.0. The molecular weight excluding hydrogens is 446 g/mol. The van der Waals surface area contributed by atoms with E-state index < -0.39 is 5.92 Å². The number of hydrogen-bond donors (Lipinski definition) is 1. The van der Waals surface area contributed by atoms with Gasteiger partial charge in [-0.15, -0.1) is 6.58 Å². The summed E-state index contributed by atoms with van der Waals surface area (Å²) >= 11 is 7.35. The van der Waals surface area contributed by atoms with Gasteiger partial charge >= 0.3 is 0 Å². The zero-order valence-corrected chi connectivity index (χ0v) is 19.1. The minimum Gasteiger partial charge on any atom is -0.489 e. The Bertz CT molecular complexity index is 1220. The summed E-state index contributed by atoms with van der Waals surface area (Å²) in [7, 11) is 1.79. The molecule has 1 aliphatic heterocycles. The predicted octanol–water partition coefficient (Wildman–Crippen LogP) is 4.76. The number of nitrogens with one attached hydrogen (secondary N) is 1. The SMILES string of the molecule is C=CCSc1nc(=O)c2c(n1C)NC(=O)CC2c1ccccc1OCc1ccc(Cl)cc1. The molecule has 3 aromatic rings. The topological polar surface area (TPSA) is 73.2 Å². The third-order valence-electron chi connectivity index (χ3n) is 5.23. The first kappa shape index (κ1) is 22.2. The molecule has 0 radical (unpaired) electrons. The van der Waals surface area contributed by atoms with E-state index in [1.54, 1.807) is 17.7 Å². The number of aromatic nitrogens is 2. The fraction of sp³-hybridized carbons (Fsp3) is 0.208. The highest BCUT2D eigenvalue weighted by molar-refractivity contribution is 7.99. The summed E-state index contributed by atoms with van der Waals surface area (Å²) in [5.74, 6) is 1.10. The second-order valence-electron chi connectivity index (χ2n) is 7.38. The number of thioether (sulfide) groups is 1. The largest absolute Gasteiger partial charge is 0.489 e. The number of para-hydroxylation sites is 1. The van der Waals surface area contributed by atoms with Crippen LogP contribution in [0.3, 0.4) is 0 Å². The number of ether oxygens (including phenoxy) is 1. The van der Waals surface area contributed by atoms with Gasteiger partial charge in [-0.3, -0.25) is 9.59 Å². The zero-order chi connectivity index (χ0) is 22.7. The van der Waals surface area contributed by atoms with Crippen LogP contribution in [0.5, 0.6) is 5.75 Å². The summed E-state index contributed by atoms with van der Waals surface area (Å²) < 4.78 is 7.85. The van der Waals surface area contributed by atoms with Crippen molar-refractivity contribution in [2.24, 2.45) is 7.05 Å². The first-order valence-electron chi connectivity index (χ1n) is 10.1. The van der Waals surface area contributed by atoms with Crippen LogP contribution in [0.25, 0.3) is 0 Å². The van der Waals surface area contributed by atoms with Crippen LogP contribution in [0.15, 0.2) is 71.1 Å². The zero-order valence-electron chi connectivity index (χ0n) is 17.5. The molecule has 8 heteroatoms. The molecule has 2 heterocycles. The van der Waals surface area contributed by atoms with Gasteiger partial charge < -0.3 is 14.6 Å². The number of fused-ring (bicyclic) bond motifs is 1. The summed E-state index contributed by atoms with van der Waals surface area (Å²) in [6.07, 6.45) is 1.89. The molecule has 1 atom stereocenters. The molecule has 4 rings (SSSR count). The second kappa shape index (κ2) is 9.63. The minimum absolute atomic E-state index is 0.143. The number of carbonyl (C=O) groups excluding carboxylic acids is 1. The third-order valence-corrected chi connectivity index (χ3v) is 6.51. The van der Waals surface area contributed by atoms with E-state index in [1.165, 1.54) is 11.8 Å². The van der Waals surface area contributed by atoms with Gasteiger partial charge in [-0.25, -0.2) is 0 Å². The molecular formula is C24H22ClN3O3S. The molecule has 0 saturated heterocycles. The maximum Gasteiger partial charge on any atom is 0.279 e. The lowest BCUT2D eigenvalue weighted by molar-refractivity contribution is -0.116. The standard InChI is InChI=1S/C24H22ClN3O3S/c1-3-12-32-24-27-23(30)21-18(13-20(29)26-22(21)28(24)2)17-6-4-5-7-19(17)31-14-15-8-10-16(25)11-9-15/h3-11,18H,1,12-14H2,2H3,(H,26,29). The van der Waals surface area contributed by atoms with Crippen LogP contribution >= 0.6 is 23.4 Å². The average molecular weight is 468 g/mol. The van der Waals surface area contributed by atoms with Crippen molar-refractivity contribution in [3.63, 3.8) is 0 Å². The van der Waals surface area contributed by atoms with E-state index in [4.69, 9.17) is 16.3 Å².